The summed E-state index contributed by atoms with van der Waals surface area (Å²) >= 11 is 0. The molecule has 4 aromatic rings. The second-order valence-electron chi connectivity index (χ2n) is 8.95. The van der Waals surface area contributed by atoms with Gasteiger partial charge in [-0.3, -0.25) is 9.78 Å². The molecule has 194 valence electrons. The third-order valence-electron chi connectivity index (χ3n) is 6.43. The number of H-pyrrole nitrogens is 1. The second kappa shape index (κ2) is 10.9. The number of hydrogen-bond donors (Lipinski definition) is 2. The molecule has 0 atom stereocenters. The smallest absolute Gasteiger partial charge is 0.271 e. The summed E-state index contributed by atoms with van der Waals surface area (Å²) in [7, 11) is -2.73. The van der Waals surface area contributed by atoms with E-state index in [0.29, 0.717) is 23.4 Å². The number of nitrogens with one attached hydrogen (secondary N) is 1. The van der Waals surface area contributed by atoms with Crippen LogP contribution in [0.5, 0.6) is 5.75 Å². The Kier molecular flexibility index (Phi) is 7.65. The van der Waals surface area contributed by atoms with Gasteiger partial charge in [0.05, 0.1) is 16.5 Å². The third kappa shape index (κ3) is 5.04. The van der Waals surface area contributed by atoms with Crippen molar-refractivity contribution in [2.24, 2.45) is 0 Å². The van der Waals surface area contributed by atoms with Crippen LogP contribution in [0.3, 0.4) is 0 Å². The Morgan fingerprint density at radius 1 is 1.11 bits per heavy atom. The number of benzene rings is 2. The molecule has 0 aliphatic heterocycles. The SMILES string of the molecule is CCCCc1[nH]c(=O)c(S(=O)(=O)c2ccc(-c3cccnc3C)cc2)c(O)c1N(C)c1cccc(C#N)c1. The zero-order valence-electron chi connectivity index (χ0n) is 21.4. The van der Waals surface area contributed by atoms with E-state index in [1.165, 1.54) is 12.1 Å². The Morgan fingerprint density at radius 3 is 2.50 bits per heavy atom. The average molecular weight is 529 g/mol. The Labute approximate surface area is 221 Å². The van der Waals surface area contributed by atoms with Crippen LogP contribution in [0, 0.1) is 18.3 Å². The molecule has 2 aromatic heterocycles. The van der Waals surface area contributed by atoms with E-state index in [0.717, 1.165) is 29.7 Å². The maximum Gasteiger partial charge on any atom is 0.271 e. The Balaban J connectivity index is 1.85. The van der Waals surface area contributed by atoms with Gasteiger partial charge in [0.15, 0.2) is 10.6 Å². The lowest BCUT2D eigenvalue weighted by atomic mass is 10.1. The van der Waals surface area contributed by atoms with Crippen LogP contribution in [0.1, 0.15) is 36.7 Å². The minimum absolute atomic E-state index is 0.120. The van der Waals surface area contributed by atoms with E-state index < -0.39 is 26.0 Å². The molecule has 4 rings (SSSR count). The minimum atomic E-state index is -4.39. The zero-order chi connectivity index (χ0) is 27.4. The zero-order valence-corrected chi connectivity index (χ0v) is 22.2. The van der Waals surface area contributed by atoms with Gasteiger partial charge < -0.3 is 15.0 Å². The normalized spacial score (nSPS) is 11.2. The highest BCUT2D eigenvalue weighted by molar-refractivity contribution is 7.91. The first-order chi connectivity index (χ1) is 18.2. The van der Waals surface area contributed by atoms with Gasteiger partial charge in [0, 0.05) is 35.9 Å². The second-order valence-corrected chi connectivity index (χ2v) is 10.8. The van der Waals surface area contributed by atoms with Crippen molar-refractivity contribution >= 4 is 21.2 Å². The van der Waals surface area contributed by atoms with E-state index in [-0.39, 0.29) is 10.6 Å². The number of rotatable bonds is 8. The molecule has 0 unspecified atom stereocenters. The summed E-state index contributed by atoms with van der Waals surface area (Å²) < 4.78 is 27.3. The first kappa shape index (κ1) is 26.6. The number of aromatic nitrogens is 2. The third-order valence-corrected chi connectivity index (χ3v) is 8.23. The standard InChI is InChI=1S/C29H28N4O4S/c1-4-5-11-25-26(33(3)22-9-6-8-20(17-22)18-30)27(34)28(29(35)32-25)38(36,37)23-14-12-21(13-15-23)24-10-7-16-31-19(24)2/h6-10,12-17H,4-5,11H2,1-3H3,(H2,32,34,35). The van der Waals surface area contributed by atoms with Crippen molar-refractivity contribution in [3.05, 3.63) is 94.2 Å². The number of hydrogen-bond acceptors (Lipinski definition) is 7. The van der Waals surface area contributed by atoms with Crippen LogP contribution in [0.2, 0.25) is 0 Å². The van der Waals surface area contributed by atoms with Gasteiger partial charge in [0.25, 0.3) is 5.56 Å². The average Bonchev–Trinajstić information content (AvgIpc) is 2.91. The largest absolute Gasteiger partial charge is 0.504 e. The number of aromatic amines is 1. The van der Waals surface area contributed by atoms with Crippen LogP contribution in [-0.4, -0.2) is 30.5 Å². The van der Waals surface area contributed by atoms with Crippen LogP contribution >= 0.6 is 0 Å². The summed E-state index contributed by atoms with van der Waals surface area (Å²) in [5, 5.41) is 20.7. The molecule has 0 fully saturated rings. The Morgan fingerprint density at radius 2 is 1.84 bits per heavy atom. The van der Waals surface area contributed by atoms with Crippen LogP contribution in [0.25, 0.3) is 11.1 Å². The van der Waals surface area contributed by atoms with E-state index in [1.54, 1.807) is 60.6 Å². The van der Waals surface area contributed by atoms with Crippen LogP contribution < -0.4 is 10.5 Å². The van der Waals surface area contributed by atoms with E-state index in [2.05, 4.69) is 16.0 Å². The van der Waals surface area contributed by atoms with Crippen LogP contribution in [0.4, 0.5) is 11.4 Å². The fraction of sp³-hybridized carbons (Fsp3) is 0.207. The van der Waals surface area contributed by atoms with Crippen LogP contribution in [0.15, 0.2) is 81.4 Å². The summed E-state index contributed by atoms with van der Waals surface area (Å²) in [4.78, 5) is 20.9. The maximum absolute atomic E-state index is 13.7. The topological polar surface area (TPSA) is 127 Å². The maximum atomic E-state index is 13.7. The highest BCUT2D eigenvalue weighted by Crippen LogP contribution is 2.39. The van der Waals surface area contributed by atoms with E-state index in [9.17, 15) is 23.6 Å². The van der Waals surface area contributed by atoms with E-state index >= 15 is 0 Å². The molecule has 0 aliphatic rings. The van der Waals surface area contributed by atoms with Gasteiger partial charge in [0.1, 0.15) is 5.69 Å². The number of sulfone groups is 1. The van der Waals surface area contributed by atoms with Crippen molar-refractivity contribution in [3.63, 3.8) is 0 Å². The lowest BCUT2D eigenvalue weighted by Crippen LogP contribution is -2.24. The van der Waals surface area contributed by atoms with Crippen molar-refractivity contribution in [1.29, 1.82) is 5.26 Å². The van der Waals surface area contributed by atoms with Crippen molar-refractivity contribution in [2.45, 2.75) is 42.9 Å². The van der Waals surface area contributed by atoms with Gasteiger partial charge in [0.2, 0.25) is 9.84 Å². The molecule has 2 heterocycles. The molecule has 2 N–H and O–H groups in total. The quantitative estimate of drug-likeness (QED) is 0.319. The number of pyridine rings is 2. The molecular weight excluding hydrogens is 500 g/mol. The number of nitrogens with zero attached hydrogens (tertiary/aromatic N) is 3. The first-order valence-corrected chi connectivity index (χ1v) is 13.7. The fourth-order valence-electron chi connectivity index (χ4n) is 4.39. The molecule has 0 bridgehead atoms. The summed E-state index contributed by atoms with van der Waals surface area (Å²) in [6.45, 7) is 3.86. The molecule has 0 radical (unpaired) electrons. The summed E-state index contributed by atoms with van der Waals surface area (Å²) in [5.41, 5.74) is 3.11. The monoisotopic (exact) mass is 528 g/mol. The Hall–Kier alpha value is -4.42. The molecule has 0 saturated carbocycles. The number of aryl methyl sites for hydroxylation is 2. The molecule has 0 aliphatic carbocycles. The molecule has 38 heavy (non-hydrogen) atoms. The van der Waals surface area contributed by atoms with Crippen molar-refractivity contribution < 1.29 is 13.5 Å². The van der Waals surface area contributed by atoms with Gasteiger partial charge in [-0.25, -0.2) is 8.42 Å². The summed E-state index contributed by atoms with van der Waals surface area (Å²) in [5.74, 6) is -0.628. The molecule has 0 saturated heterocycles. The molecule has 2 aromatic carbocycles. The summed E-state index contributed by atoms with van der Waals surface area (Å²) in [6, 6.07) is 18.6. The molecule has 8 nitrogen and oxygen atoms in total. The van der Waals surface area contributed by atoms with Crippen LogP contribution in [-0.2, 0) is 16.3 Å². The van der Waals surface area contributed by atoms with Gasteiger partial charge in [-0.1, -0.05) is 37.6 Å². The van der Waals surface area contributed by atoms with Gasteiger partial charge in [-0.2, -0.15) is 5.26 Å². The number of anilines is 2. The molecular formula is C29H28N4O4S. The first-order valence-electron chi connectivity index (χ1n) is 12.2. The molecule has 9 heteroatoms. The predicted octanol–water partition coefficient (Wildman–Crippen LogP) is 5.27. The summed E-state index contributed by atoms with van der Waals surface area (Å²) in [6.07, 6.45) is 3.66. The number of nitriles is 1. The highest BCUT2D eigenvalue weighted by Gasteiger charge is 2.31. The van der Waals surface area contributed by atoms with Crippen molar-refractivity contribution in [2.75, 3.05) is 11.9 Å². The van der Waals surface area contributed by atoms with Crippen molar-refractivity contribution in [3.8, 4) is 22.9 Å². The van der Waals surface area contributed by atoms with Gasteiger partial charge in [-0.15, -0.1) is 0 Å². The molecule has 0 amide bonds. The van der Waals surface area contributed by atoms with E-state index in [4.69, 9.17) is 0 Å². The minimum Gasteiger partial charge on any atom is -0.504 e. The molecule has 0 spiro atoms. The Bertz CT molecular complexity index is 1690. The highest BCUT2D eigenvalue weighted by atomic mass is 32.2. The fourth-order valence-corrected chi connectivity index (χ4v) is 5.77. The number of aromatic hydroxyl groups is 1. The van der Waals surface area contributed by atoms with Gasteiger partial charge >= 0.3 is 0 Å². The lowest BCUT2D eigenvalue weighted by Gasteiger charge is -2.25. The lowest BCUT2D eigenvalue weighted by molar-refractivity contribution is 0.455. The number of unbranched alkanes of at least 4 members (excludes halogenated alkanes) is 1. The van der Waals surface area contributed by atoms with E-state index in [1.807, 2.05) is 19.9 Å². The van der Waals surface area contributed by atoms with Gasteiger partial charge in [-0.05, 0) is 61.7 Å². The van der Waals surface area contributed by atoms with Crippen molar-refractivity contribution in [1.82, 2.24) is 9.97 Å². The predicted molar refractivity (Wildman–Crippen MR) is 146 cm³/mol.